The van der Waals surface area contributed by atoms with Gasteiger partial charge >= 0.3 is 11.7 Å². The molecular weight excluding hydrogens is 318 g/mol. The fraction of sp³-hybridized carbons (Fsp3) is 0.267. The summed E-state index contributed by atoms with van der Waals surface area (Å²) in [4.78, 5) is 37.7. The van der Waals surface area contributed by atoms with Crippen LogP contribution in [0.3, 0.4) is 0 Å². The van der Waals surface area contributed by atoms with Crippen LogP contribution in [0.5, 0.6) is 5.75 Å². The number of esters is 1. The third-order valence-electron chi connectivity index (χ3n) is 3.15. The Morgan fingerprint density at radius 1 is 1.38 bits per heavy atom. The van der Waals surface area contributed by atoms with Gasteiger partial charge in [-0.05, 0) is 18.6 Å². The zero-order chi connectivity index (χ0) is 17.7. The number of nitro groups is 1. The number of nitrogens with zero attached hydrogens (tertiary/aromatic N) is 3. The molecule has 1 heterocycles. The third-order valence-corrected chi connectivity index (χ3v) is 3.15. The lowest BCUT2D eigenvalue weighted by Crippen LogP contribution is -2.22. The number of hydrogen-bond donors (Lipinski definition) is 0. The Labute approximate surface area is 136 Å². The summed E-state index contributed by atoms with van der Waals surface area (Å²) in [5.74, 6) is -0.569. The van der Waals surface area contributed by atoms with Gasteiger partial charge in [0.15, 0.2) is 11.4 Å². The van der Waals surface area contributed by atoms with Gasteiger partial charge in [-0.1, -0.05) is 6.07 Å². The lowest BCUT2D eigenvalue weighted by atomic mass is 10.2. The summed E-state index contributed by atoms with van der Waals surface area (Å²) in [6.45, 7) is 2.13. The van der Waals surface area contributed by atoms with Crippen LogP contribution in [0.4, 0.5) is 5.69 Å². The van der Waals surface area contributed by atoms with E-state index in [2.05, 4.69) is 9.72 Å². The van der Waals surface area contributed by atoms with Crippen molar-refractivity contribution in [2.45, 2.75) is 13.5 Å². The summed E-state index contributed by atoms with van der Waals surface area (Å²) in [5, 5.41) is 11.0. The van der Waals surface area contributed by atoms with Crippen molar-refractivity contribution in [3.05, 3.63) is 62.3 Å². The van der Waals surface area contributed by atoms with Gasteiger partial charge in [-0.3, -0.25) is 19.5 Å². The second-order valence-corrected chi connectivity index (χ2v) is 4.72. The quantitative estimate of drug-likeness (QED) is 0.446. The van der Waals surface area contributed by atoms with Gasteiger partial charge in [0, 0.05) is 12.1 Å². The van der Waals surface area contributed by atoms with Crippen molar-refractivity contribution in [1.82, 2.24) is 9.55 Å². The average Bonchev–Trinajstić information content (AvgIpc) is 2.56. The van der Waals surface area contributed by atoms with Crippen molar-refractivity contribution in [1.29, 1.82) is 0 Å². The molecule has 0 atom stereocenters. The summed E-state index contributed by atoms with van der Waals surface area (Å²) in [7, 11) is 1.20. The lowest BCUT2D eigenvalue weighted by Gasteiger charge is -2.09. The highest BCUT2D eigenvalue weighted by Gasteiger charge is 2.16. The fourth-order valence-corrected chi connectivity index (χ4v) is 2.04. The van der Waals surface area contributed by atoms with Gasteiger partial charge in [-0.25, -0.2) is 9.78 Å². The average molecular weight is 333 g/mol. The van der Waals surface area contributed by atoms with E-state index in [1.165, 1.54) is 36.2 Å². The van der Waals surface area contributed by atoms with Gasteiger partial charge in [-0.2, -0.15) is 0 Å². The highest BCUT2D eigenvalue weighted by Crippen LogP contribution is 2.28. The number of hydrogen-bond acceptors (Lipinski definition) is 7. The second-order valence-electron chi connectivity index (χ2n) is 4.72. The van der Waals surface area contributed by atoms with Crippen LogP contribution in [-0.4, -0.2) is 34.2 Å². The fourth-order valence-electron chi connectivity index (χ4n) is 2.04. The Morgan fingerprint density at radius 2 is 2.12 bits per heavy atom. The first kappa shape index (κ1) is 17.1. The minimum atomic E-state index is -0.701. The molecular formula is C15H15N3O6. The van der Waals surface area contributed by atoms with E-state index in [1.807, 2.05) is 0 Å². The first-order chi connectivity index (χ1) is 11.5. The largest absolute Gasteiger partial charge is 0.487 e. The van der Waals surface area contributed by atoms with Gasteiger partial charge in [-0.15, -0.1) is 0 Å². The molecule has 2 aromatic rings. The molecule has 1 aromatic carbocycles. The first-order valence-corrected chi connectivity index (χ1v) is 7.01. The van der Waals surface area contributed by atoms with E-state index < -0.39 is 16.5 Å². The van der Waals surface area contributed by atoms with Crippen LogP contribution >= 0.6 is 0 Å². The summed E-state index contributed by atoms with van der Waals surface area (Å²) < 4.78 is 11.0. The van der Waals surface area contributed by atoms with Crippen LogP contribution in [0.25, 0.3) is 0 Å². The number of carbonyl (C=O) groups is 1. The van der Waals surface area contributed by atoms with Crippen LogP contribution < -0.4 is 10.3 Å². The topological polar surface area (TPSA) is 114 Å². The summed E-state index contributed by atoms with van der Waals surface area (Å²) >= 11 is 0. The van der Waals surface area contributed by atoms with E-state index in [0.717, 1.165) is 6.07 Å². The van der Waals surface area contributed by atoms with E-state index in [4.69, 9.17) is 4.74 Å². The zero-order valence-electron chi connectivity index (χ0n) is 13.1. The molecule has 1 aromatic heterocycles. The standard InChI is InChI=1S/C15H15N3O6/c1-3-24-13-6-10(4-5-12(13)18(21)22)8-17-9-16-11(7-14(17)19)15(20)23-2/h4-7,9H,3,8H2,1-2H3. The van der Waals surface area contributed by atoms with E-state index >= 15 is 0 Å². The molecule has 0 aliphatic carbocycles. The molecule has 24 heavy (non-hydrogen) atoms. The maximum atomic E-state index is 12.0. The van der Waals surface area contributed by atoms with Crippen molar-refractivity contribution in [3.8, 4) is 5.75 Å². The van der Waals surface area contributed by atoms with Crippen LogP contribution in [0.2, 0.25) is 0 Å². The van der Waals surface area contributed by atoms with Crippen molar-refractivity contribution >= 4 is 11.7 Å². The molecule has 0 aliphatic rings. The molecule has 0 saturated carbocycles. The molecule has 0 bridgehead atoms. The molecule has 0 saturated heterocycles. The van der Waals surface area contributed by atoms with Crippen molar-refractivity contribution in [3.63, 3.8) is 0 Å². The van der Waals surface area contributed by atoms with E-state index in [0.29, 0.717) is 5.56 Å². The van der Waals surface area contributed by atoms with Crippen molar-refractivity contribution < 1.29 is 19.2 Å². The molecule has 126 valence electrons. The molecule has 0 radical (unpaired) electrons. The number of rotatable bonds is 6. The first-order valence-electron chi connectivity index (χ1n) is 7.01. The smallest absolute Gasteiger partial charge is 0.356 e. The maximum Gasteiger partial charge on any atom is 0.356 e. The summed E-state index contributed by atoms with van der Waals surface area (Å²) in [6, 6.07) is 5.42. The molecule has 9 nitrogen and oxygen atoms in total. The summed E-state index contributed by atoms with van der Waals surface area (Å²) in [5.41, 5.74) is -0.0509. The molecule has 0 N–H and O–H groups in total. The SMILES string of the molecule is CCOc1cc(Cn2cnc(C(=O)OC)cc2=O)ccc1[N+](=O)[O-]. The minimum absolute atomic E-state index is 0.0857. The zero-order valence-corrected chi connectivity index (χ0v) is 13.1. The van der Waals surface area contributed by atoms with Gasteiger partial charge in [0.1, 0.15) is 0 Å². The van der Waals surface area contributed by atoms with Crippen molar-refractivity contribution in [2.75, 3.05) is 13.7 Å². The molecule has 0 spiro atoms. The summed E-state index contributed by atoms with van der Waals surface area (Å²) in [6.07, 6.45) is 1.22. The molecule has 0 unspecified atom stereocenters. The Morgan fingerprint density at radius 3 is 2.71 bits per heavy atom. The molecule has 9 heteroatoms. The predicted molar refractivity (Wildman–Crippen MR) is 83.2 cm³/mol. The molecule has 0 aliphatic heterocycles. The number of carbonyl (C=O) groups excluding carboxylic acids is 1. The number of ether oxygens (including phenoxy) is 2. The Kier molecular flexibility index (Phi) is 5.25. The van der Waals surface area contributed by atoms with Crippen LogP contribution in [0.1, 0.15) is 23.0 Å². The Hall–Kier alpha value is -3.23. The number of benzene rings is 1. The normalized spacial score (nSPS) is 10.2. The highest BCUT2D eigenvalue weighted by atomic mass is 16.6. The molecule has 2 rings (SSSR count). The monoisotopic (exact) mass is 333 g/mol. The van der Waals surface area contributed by atoms with Gasteiger partial charge in [0.2, 0.25) is 0 Å². The van der Waals surface area contributed by atoms with Gasteiger partial charge in [0.05, 0.1) is 31.5 Å². The van der Waals surface area contributed by atoms with Crippen LogP contribution in [0, 0.1) is 10.1 Å². The maximum absolute atomic E-state index is 12.0. The van der Waals surface area contributed by atoms with Crippen molar-refractivity contribution in [2.24, 2.45) is 0 Å². The highest BCUT2D eigenvalue weighted by molar-refractivity contribution is 5.86. The van der Waals surface area contributed by atoms with E-state index in [9.17, 15) is 19.7 Å². The molecule has 0 amide bonds. The molecule has 0 fully saturated rings. The lowest BCUT2D eigenvalue weighted by molar-refractivity contribution is -0.385. The third kappa shape index (κ3) is 3.75. The Balaban J connectivity index is 2.31. The van der Waals surface area contributed by atoms with Crippen LogP contribution in [0.15, 0.2) is 35.4 Å². The van der Waals surface area contributed by atoms with Gasteiger partial charge < -0.3 is 9.47 Å². The number of aromatic nitrogens is 2. The van der Waals surface area contributed by atoms with E-state index in [1.54, 1.807) is 6.92 Å². The number of nitro benzene ring substituents is 1. The number of methoxy groups -OCH3 is 1. The second kappa shape index (κ2) is 7.36. The minimum Gasteiger partial charge on any atom is -0.487 e. The van der Waals surface area contributed by atoms with Gasteiger partial charge in [0.25, 0.3) is 5.56 Å². The predicted octanol–water partition coefficient (Wildman–Crippen LogP) is 1.39. The van der Waals surface area contributed by atoms with Crippen LogP contribution in [-0.2, 0) is 11.3 Å². The Bertz CT molecular complexity index is 830. The van der Waals surface area contributed by atoms with E-state index in [-0.39, 0.29) is 30.3 Å².